The Hall–Kier alpha value is -1.67. The van der Waals surface area contributed by atoms with Crippen LogP contribution in [0.25, 0.3) is 11.1 Å². The van der Waals surface area contributed by atoms with Crippen LogP contribution in [-0.4, -0.2) is 11.3 Å². The number of pyridine rings is 1. The molecule has 80 valence electrons. The number of hydrogen-bond acceptors (Lipinski definition) is 2. The summed E-state index contributed by atoms with van der Waals surface area (Å²) in [7, 11) is 0. The first kappa shape index (κ1) is 10.8. The standard InChI is InChI=1S/C13H10ClNO/c1-9-2-4-10(5-3-9)11-6-12(8-16)13(14)15-7-11/h2-8H,1H3. The zero-order valence-corrected chi connectivity index (χ0v) is 9.53. The van der Waals surface area contributed by atoms with Gasteiger partial charge in [0.05, 0.1) is 5.56 Å². The number of carbonyl (C=O) groups excluding carboxylic acids is 1. The Morgan fingerprint density at radius 2 is 1.88 bits per heavy atom. The minimum Gasteiger partial charge on any atom is -0.298 e. The third-order valence-electron chi connectivity index (χ3n) is 2.38. The average Bonchev–Trinajstić information content (AvgIpc) is 2.31. The van der Waals surface area contributed by atoms with Crippen LogP contribution in [0.4, 0.5) is 0 Å². The lowest BCUT2D eigenvalue weighted by Crippen LogP contribution is -1.88. The molecule has 0 saturated carbocycles. The van der Waals surface area contributed by atoms with Gasteiger partial charge in [-0.1, -0.05) is 41.4 Å². The van der Waals surface area contributed by atoms with Crippen LogP contribution < -0.4 is 0 Å². The fourth-order valence-electron chi connectivity index (χ4n) is 1.45. The summed E-state index contributed by atoms with van der Waals surface area (Å²) in [6, 6.07) is 9.77. The van der Waals surface area contributed by atoms with Gasteiger partial charge in [-0.2, -0.15) is 0 Å². The average molecular weight is 232 g/mol. The van der Waals surface area contributed by atoms with Crippen molar-refractivity contribution in [1.29, 1.82) is 0 Å². The first-order chi connectivity index (χ1) is 7.70. The highest BCUT2D eigenvalue weighted by atomic mass is 35.5. The monoisotopic (exact) mass is 231 g/mol. The number of aryl methyl sites for hydroxylation is 1. The smallest absolute Gasteiger partial charge is 0.153 e. The molecule has 2 rings (SSSR count). The molecule has 16 heavy (non-hydrogen) atoms. The third-order valence-corrected chi connectivity index (χ3v) is 2.69. The van der Waals surface area contributed by atoms with Crippen molar-refractivity contribution < 1.29 is 4.79 Å². The Morgan fingerprint density at radius 1 is 1.19 bits per heavy atom. The number of aldehydes is 1. The summed E-state index contributed by atoms with van der Waals surface area (Å²) in [6.07, 6.45) is 2.38. The van der Waals surface area contributed by atoms with E-state index in [-0.39, 0.29) is 5.15 Å². The van der Waals surface area contributed by atoms with Crippen LogP contribution in [-0.2, 0) is 0 Å². The summed E-state index contributed by atoms with van der Waals surface area (Å²) >= 11 is 5.77. The number of carbonyl (C=O) groups is 1. The van der Waals surface area contributed by atoms with E-state index in [0.717, 1.165) is 11.1 Å². The first-order valence-electron chi connectivity index (χ1n) is 4.88. The van der Waals surface area contributed by atoms with Crippen molar-refractivity contribution in [1.82, 2.24) is 4.98 Å². The highest BCUT2D eigenvalue weighted by molar-refractivity contribution is 6.31. The SMILES string of the molecule is Cc1ccc(-c2cnc(Cl)c(C=O)c2)cc1. The van der Waals surface area contributed by atoms with E-state index in [0.29, 0.717) is 11.8 Å². The van der Waals surface area contributed by atoms with Gasteiger partial charge in [0.25, 0.3) is 0 Å². The first-order valence-corrected chi connectivity index (χ1v) is 5.26. The van der Waals surface area contributed by atoms with Crippen molar-refractivity contribution in [3.05, 3.63) is 52.8 Å². The summed E-state index contributed by atoms with van der Waals surface area (Å²) < 4.78 is 0. The lowest BCUT2D eigenvalue weighted by atomic mass is 10.1. The molecule has 3 heteroatoms. The number of rotatable bonds is 2. The molecule has 0 saturated heterocycles. The maximum absolute atomic E-state index is 10.7. The molecule has 0 aliphatic rings. The van der Waals surface area contributed by atoms with E-state index >= 15 is 0 Å². The van der Waals surface area contributed by atoms with E-state index in [2.05, 4.69) is 4.98 Å². The highest BCUT2D eigenvalue weighted by Crippen LogP contribution is 2.22. The molecule has 1 aromatic carbocycles. The van der Waals surface area contributed by atoms with E-state index in [1.807, 2.05) is 31.2 Å². The summed E-state index contributed by atoms with van der Waals surface area (Å²) in [6.45, 7) is 2.03. The molecule has 0 bridgehead atoms. The van der Waals surface area contributed by atoms with Gasteiger partial charge in [0.2, 0.25) is 0 Å². The molecule has 0 amide bonds. The molecular weight excluding hydrogens is 222 g/mol. The van der Waals surface area contributed by atoms with Crippen molar-refractivity contribution in [2.45, 2.75) is 6.92 Å². The van der Waals surface area contributed by atoms with Crippen molar-refractivity contribution in [2.75, 3.05) is 0 Å². The van der Waals surface area contributed by atoms with Crippen molar-refractivity contribution >= 4 is 17.9 Å². The molecule has 1 heterocycles. The van der Waals surface area contributed by atoms with Crippen molar-refractivity contribution in [2.24, 2.45) is 0 Å². The molecule has 0 aliphatic carbocycles. The van der Waals surface area contributed by atoms with Crippen LogP contribution >= 0.6 is 11.6 Å². The van der Waals surface area contributed by atoms with Crippen LogP contribution in [0.1, 0.15) is 15.9 Å². The quantitative estimate of drug-likeness (QED) is 0.585. The molecule has 0 aliphatic heterocycles. The predicted molar refractivity (Wildman–Crippen MR) is 64.8 cm³/mol. The fraction of sp³-hybridized carbons (Fsp3) is 0.0769. The van der Waals surface area contributed by atoms with E-state index in [9.17, 15) is 4.79 Å². The summed E-state index contributed by atoms with van der Waals surface area (Å²) in [5.74, 6) is 0. The highest BCUT2D eigenvalue weighted by Gasteiger charge is 2.04. The van der Waals surface area contributed by atoms with Gasteiger partial charge in [0, 0.05) is 11.8 Å². The molecular formula is C13H10ClNO. The Bertz CT molecular complexity index is 520. The van der Waals surface area contributed by atoms with Crippen LogP contribution in [0, 0.1) is 6.92 Å². The van der Waals surface area contributed by atoms with Crippen LogP contribution in [0.2, 0.25) is 5.15 Å². The summed E-state index contributed by atoms with van der Waals surface area (Å²) in [4.78, 5) is 14.7. The Kier molecular flexibility index (Phi) is 3.02. The molecule has 2 nitrogen and oxygen atoms in total. The maximum Gasteiger partial charge on any atom is 0.153 e. The molecule has 2 aromatic rings. The van der Waals surface area contributed by atoms with E-state index in [1.165, 1.54) is 5.56 Å². The fourth-order valence-corrected chi connectivity index (χ4v) is 1.60. The van der Waals surface area contributed by atoms with Crippen molar-refractivity contribution in [3.8, 4) is 11.1 Å². The minimum absolute atomic E-state index is 0.242. The van der Waals surface area contributed by atoms with Crippen LogP contribution in [0.3, 0.4) is 0 Å². The van der Waals surface area contributed by atoms with E-state index in [4.69, 9.17) is 11.6 Å². The van der Waals surface area contributed by atoms with Gasteiger partial charge in [0.15, 0.2) is 6.29 Å². The number of halogens is 1. The molecule has 0 fully saturated rings. The molecule has 0 atom stereocenters. The lowest BCUT2D eigenvalue weighted by molar-refractivity contribution is 0.112. The largest absolute Gasteiger partial charge is 0.298 e. The van der Waals surface area contributed by atoms with E-state index in [1.54, 1.807) is 12.3 Å². The number of hydrogen-bond donors (Lipinski definition) is 0. The predicted octanol–water partition coefficient (Wildman–Crippen LogP) is 3.52. The van der Waals surface area contributed by atoms with Crippen LogP contribution in [0.15, 0.2) is 36.5 Å². The second kappa shape index (κ2) is 4.45. The van der Waals surface area contributed by atoms with Gasteiger partial charge in [0.1, 0.15) is 5.15 Å². The van der Waals surface area contributed by atoms with Gasteiger partial charge in [-0.3, -0.25) is 4.79 Å². The summed E-state index contributed by atoms with van der Waals surface area (Å²) in [5, 5.41) is 0.242. The third kappa shape index (κ3) is 2.12. The van der Waals surface area contributed by atoms with Gasteiger partial charge in [-0.15, -0.1) is 0 Å². The number of aromatic nitrogens is 1. The molecule has 0 radical (unpaired) electrons. The van der Waals surface area contributed by atoms with Gasteiger partial charge in [-0.05, 0) is 18.6 Å². The molecule has 1 aromatic heterocycles. The second-order valence-corrected chi connectivity index (χ2v) is 3.95. The molecule has 0 N–H and O–H groups in total. The Balaban J connectivity index is 2.48. The van der Waals surface area contributed by atoms with Crippen molar-refractivity contribution in [3.63, 3.8) is 0 Å². The Morgan fingerprint density at radius 3 is 2.50 bits per heavy atom. The normalized spacial score (nSPS) is 10.1. The second-order valence-electron chi connectivity index (χ2n) is 3.59. The minimum atomic E-state index is 0.242. The zero-order valence-electron chi connectivity index (χ0n) is 8.77. The summed E-state index contributed by atoms with van der Waals surface area (Å²) in [5.41, 5.74) is 3.53. The number of nitrogens with zero attached hydrogens (tertiary/aromatic N) is 1. The van der Waals surface area contributed by atoms with Gasteiger partial charge < -0.3 is 0 Å². The maximum atomic E-state index is 10.7. The topological polar surface area (TPSA) is 30.0 Å². The number of benzene rings is 1. The lowest BCUT2D eigenvalue weighted by Gasteiger charge is -2.03. The molecule has 0 spiro atoms. The van der Waals surface area contributed by atoms with Gasteiger partial charge >= 0.3 is 0 Å². The Labute approximate surface area is 98.9 Å². The van der Waals surface area contributed by atoms with E-state index < -0.39 is 0 Å². The van der Waals surface area contributed by atoms with Gasteiger partial charge in [-0.25, -0.2) is 4.98 Å². The zero-order chi connectivity index (χ0) is 11.5. The molecule has 0 unspecified atom stereocenters. The van der Waals surface area contributed by atoms with Crippen LogP contribution in [0.5, 0.6) is 0 Å².